The molecule has 0 amide bonds. The minimum Gasteiger partial charge on any atom is -0.234 e. The van der Waals surface area contributed by atoms with E-state index in [9.17, 15) is 9.36 Å². The fourth-order valence-electron chi connectivity index (χ4n) is 2.29. The molecule has 19 heavy (non-hydrogen) atoms. The molecule has 0 heterocycles. The molecule has 1 aliphatic rings. The van der Waals surface area contributed by atoms with E-state index >= 15 is 0 Å². The van der Waals surface area contributed by atoms with Gasteiger partial charge in [-0.1, -0.05) is 48.8 Å². The second kappa shape index (κ2) is 5.22. The summed E-state index contributed by atoms with van der Waals surface area (Å²) >= 11 is 0. The van der Waals surface area contributed by atoms with E-state index in [-0.39, 0.29) is 10.9 Å². The van der Waals surface area contributed by atoms with E-state index in [0.717, 1.165) is 12.0 Å². The SMILES string of the molecule is CC1=CC(C)(C)CC=C1C(=O)[P+](=O)c1ccccc1. The molecule has 1 atom stereocenters. The summed E-state index contributed by atoms with van der Waals surface area (Å²) in [5, 5.41) is 0.598. The molecule has 1 unspecified atom stereocenters. The number of allylic oxidation sites excluding steroid dienone is 4. The molecule has 0 radical (unpaired) electrons. The number of benzene rings is 1. The highest BCUT2D eigenvalue weighted by Crippen LogP contribution is 2.36. The lowest BCUT2D eigenvalue weighted by Gasteiger charge is -2.23. The maximum atomic E-state index is 12.3. The normalized spacial score (nSPS) is 18.4. The van der Waals surface area contributed by atoms with Crippen LogP contribution in [0, 0.1) is 5.41 Å². The van der Waals surface area contributed by atoms with Crippen LogP contribution in [0.2, 0.25) is 0 Å². The molecule has 0 saturated heterocycles. The Hall–Kier alpha value is -1.53. The Labute approximate surface area is 115 Å². The fraction of sp³-hybridized carbons (Fsp3) is 0.312. The van der Waals surface area contributed by atoms with Crippen molar-refractivity contribution in [1.29, 1.82) is 0 Å². The quantitative estimate of drug-likeness (QED) is 0.781. The summed E-state index contributed by atoms with van der Waals surface area (Å²) in [7, 11) is -2.02. The van der Waals surface area contributed by atoms with Crippen molar-refractivity contribution in [3.8, 4) is 0 Å². The minimum absolute atomic E-state index is 0.0756. The Balaban J connectivity index is 2.25. The molecule has 3 heteroatoms. The first-order chi connectivity index (χ1) is 8.91. The van der Waals surface area contributed by atoms with Crippen LogP contribution in [0.4, 0.5) is 0 Å². The van der Waals surface area contributed by atoms with Crippen molar-refractivity contribution in [3.63, 3.8) is 0 Å². The van der Waals surface area contributed by atoms with Crippen LogP contribution in [0.5, 0.6) is 0 Å². The second-order valence-electron chi connectivity index (χ2n) is 5.57. The lowest BCUT2D eigenvalue weighted by atomic mass is 9.81. The largest absolute Gasteiger partial charge is 0.458 e. The molecule has 1 aromatic rings. The maximum absolute atomic E-state index is 12.3. The summed E-state index contributed by atoms with van der Waals surface area (Å²) in [5.74, 6) is 0. The molecule has 0 bridgehead atoms. The predicted molar refractivity (Wildman–Crippen MR) is 78.9 cm³/mol. The lowest BCUT2D eigenvalue weighted by molar-refractivity contribution is -0.108. The highest BCUT2D eigenvalue weighted by molar-refractivity contribution is 7.71. The predicted octanol–water partition coefficient (Wildman–Crippen LogP) is 3.97. The van der Waals surface area contributed by atoms with E-state index in [1.54, 1.807) is 24.3 Å². The summed E-state index contributed by atoms with van der Waals surface area (Å²) in [6, 6.07) is 8.93. The zero-order valence-corrected chi connectivity index (χ0v) is 12.4. The molecule has 0 spiro atoms. The van der Waals surface area contributed by atoms with Gasteiger partial charge in [-0.3, -0.25) is 0 Å². The smallest absolute Gasteiger partial charge is 0.234 e. The van der Waals surface area contributed by atoms with E-state index in [4.69, 9.17) is 0 Å². The van der Waals surface area contributed by atoms with Gasteiger partial charge in [0.25, 0.3) is 0 Å². The molecule has 1 aromatic carbocycles. The third-order valence-corrected chi connectivity index (χ3v) is 4.65. The molecular weight excluding hydrogens is 255 g/mol. The van der Waals surface area contributed by atoms with Crippen LogP contribution >= 0.6 is 7.80 Å². The average Bonchev–Trinajstić information content (AvgIpc) is 2.37. The van der Waals surface area contributed by atoms with Crippen molar-refractivity contribution in [3.05, 3.63) is 53.6 Å². The van der Waals surface area contributed by atoms with E-state index in [2.05, 4.69) is 19.9 Å². The van der Waals surface area contributed by atoms with Gasteiger partial charge in [0.15, 0.2) is 5.30 Å². The van der Waals surface area contributed by atoms with Gasteiger partial charge in [-0.25, -0.2) is 4.79 Å². The Morgan fingerprint density at radius 2 is 1.84 bits per heavy atom. The van der Waals surface area contributed by atoms with E-state index in [0.29, 0.717) is 10.9 Å². The summed E-state index contributed by atoms with van der Waals surface area (Å²) in [4.78, 5) is 12.3. The fourth-order valence-corrected chi connectivity index (χ4v) is 3.46. The van der Waals surface area contributed by atoms with Crippen LogP contribution in [0.15, 0.2) is 53.6 Å². The molecule has 0 saturated carbocycles. The van der Waals surface area contributed by atoms with Gasteiger partial charge in [0, 0.05) is 0 Å². The third-order valence-electron chi connectivity index (χ3n) is 3.27. The van der Waals surface area contributed by atoms with Gasteiger partial charge < -0.3 is 0 Å². The molecule has 0 fully saturated rings. The zero-order valence-electron chi connectivity index (χ0n) is 11.5. The van der Waals surface area contributed by atoms with Crippen LogP contribution in [0.1, 0.15) is 27.2 Å². The van der Waals surface area contributed by atoms with Crippen LogP contribution < -0.4 is 5.30 Å². The highest BCUT2D eigenvalue weighted by atomic mass is 31.1. The van der Waals surface area contributed by atoms with Crippen molar-refractivity contribution in [1.82, 2.24) is 0 Å². The molecule has 2 rings (SSSR count). The van der Waals surface area contributed by atoms with E-state index in [1.165, 1.54) is 0 Å². The Kier molecular flexibility index (Phi) is 3.82. The van der Waals surface area contributed by atoms with Gasteiger partial charge in [0.2, 0.25) is 0 Å². The van der Waals surface area contributed by atoms with Gasteiger partial charge in [-0.05, 0) is 36.5 Å². The molecule has 0 aliphatic heterocycles. The monoisotopic (exact) mass is 273 g/mol. The second-order valence-corrected chi connectivity index (χ2v) is 7.08. The Morgan fingerprint density at radius 1 is 1.21 bits per heavy atom. The van der Waals surface area contributed by atoms with Crippen LogP contribution in [-0.2, 0) is 9.36 Å². The molecule has 1 aliphatic carbocycles. The zero-order chi connectivity index (χ0) is 14.0. The topological polar surface area (TPSA) is 34.1 Å². The molecule has 2 nitrogen and oxygen atoms in total. The first kappa shape index (κ1) is 13.9. The van der Waals surface area contributed by atoms with Gasteiger partial charge in [0.1, 0.15) is 0 Å². The van der Waals surface area contributed by atoms with Crippen molar-refractivity contribution < 1.29 is 9.36 Å². The lowest BCUT2D eigenvalue weighted by Crippen LogP contribution is -2.15. The van der Waals surface area contributed by atoms with Crippen LogP contribution in [-0.4, -0.2) is 5.52 Å². The Morgan fingerprint density at radius 3 is 2.42 bits per heavy atom. The van der Waals surface area contributed by atoms with Crippen LogP contribution in [0.25, 0.3) is 0 Å². The maximum Gasteiger partial charge on any atom is 0.458 e. The number of rotatable bonds is 3. The summed E-state index contributed by atoms with van der Waals surface area (Å²) in [6.07, 6.45) is 4.83. The van der Waals surface area contributed by atoms with E-state index in [1.807, 2.05) is 19.1 Å². The first-order valence-electron chi connectivity index (χ1n) is 6.37. The van der Waals surface area contributed by atoms with Crippen LogP contribution in [0.3, 0.4) is 0 Å². The molecule has 0 aromatic heterocycles. The van der Waals surface area contributed by atoms with Crippen molar-refractivity contribution in [2.45, 2.75) is 27.2 Å². The van der Waals surface area contributed by atoms with E-state index < -0.39 is 7.80 Å². The summed E-state index contributed by atoms with van der Waals surface area (Å²) < 4.78 is 12.3. The first-order valence-corrected chi connectivity index (χ1v) is 7.63. The number of carbonyl (C=O) groups excluding carboxylic acids is 1. The molecular formula is C16H18O2P+. The molecule has 98 valence electrons. The number of hydrogen-bond donors (Lipinski definition) is 0. The average molecular weight is 273 g/mol. The van der Waals surface area contributed by atoms with Gasteiger partial charge in [-0.2, -0.15) is 0 Å². The highest BCUT2D eigenvalue weighted by Gasteiger charge is 2.36. The van der Waals surface area contributed by atoms with Crippen molar-refractivity contribution in [2.24, 2.45) is 5.41 Å². The van der Waals surface area contributed by atoms with Gasteiger partial charge in [0.05, 0.1) is 5.57 Å². The molecule has 0 N–H and O–H groups in total. The number of hydrogen-bond acceptors (Lipinski definition) is 2. The summed E-state index contributed by atoms with van der Waals surface area (Å²) in [6.45, 7) is 6.18. The standard InChI is InChI=1S/C16H18O2P/c1-12-11-16(2,3)10-9-14(12)15(17)19(18)13-7-5-4-6-8-13/h4-9,11H,10H2,1-3H3/q+1. The number of carbonyl (C=O) groups is 1. The third kappa shape index (κ3) is 3.08. The van der Waals surface area contributed by atoms with Crippen molar-refractivity contribution in [2.75, 3.05) is 0 Å². The van der Waals surface area contributed by atoms with Gasteiger partial charge in [-0.15, -0.1) is 0 Å². The summed E-state index contributed by atoms with van der Waals surface area (Å²) in [5.41, 5.74) is 1.36. The minimum atomic E-state index is -2.02. The Bertz CT molecular complexity index is 580. The van der Waals surface area contributed by atoms with Crippen molar-refractivity contribution >= 4 is 18.6 Å². The van der Waals surface area contributed by atoms with Gasteiger partial charge >= 0.3 is 13.3 Å².